The largest absolute Gasteiger partial charge is 0.406 e. The number of ether oxygens (including phenoxy) is 1. The Hall–Kier alpha value is -1.84. The summed E-state index contributed by atoms with van der Waals surface area (Å²) in [4.78, 5) is 30.0. The summed E-state index contributed by atoms with van der Waals surface area (Å²) in [6.45, 7) is 12.4. The SMILES string of the molecule is Cc1cn([C@@H]2O[C@@H]3CN=C(NCCN)[C@]3(OS(C)(=O)=O)[C@H]2O[Si](C)(C)C(C)(C)C)c(=O)n(C)c1=O. The molecule has 12 nitrogen and oxygen atoms in total. The molecular weight excluding hydrogens is 494 g/mol. The number of nitrogens with zero attached hydrogens (tertiary/aromatic N) is 3. The van der Waals surface area contributed by atoms with E-state index in [9.17, 15) is 18.0 Å². The van der Waals surface area contributed by atoms with Gasteiger partial charge >= 0.3 is 5.69 Å². The van der Waals surface area contributed by atoms with Crippen LogP contribution in [0.2, 0.25) is 18.1 Å². The average molecular weight is 532 g/mol. The molecule has 2 aliphatic rings. The van der Waals surface area contributed by atoms with Gasteiger partial charge in [0.25, 0.3) is 15.7 Å². The van der Waals surface area contributed by atoms with Gasteiger partial charge in [0, 0.05) is 31.9 Å². The van der Waals surface area contributed by atoms with E-state index >= 15 is 0 Å². The monoisotopic (exact) mass is 531 g/mol. The lowest BCUT2D eigenvalue weighted by molar-refractivity contribution is -0.0342. The molecule has 1 saturated heterocycles. The molecule has 1 aromatic rings. The van der Waals surface area contributed by atoms with Gasteiger partial charge in [-0.2, -0.15) is 8.42 Å². The third-order valence-corrected chi connectivity index (χ3v) is 12.0. The van der Waals surface area contributed by atoms with Crippen molar-refractivity contribution in [1.82, 2.24) is 14.5 Å². The molecule has 14 heteroatoms. The van der Waals surface area contributed by atoms with Gasteiger partial charge in [0.15, 0.2) is 14.5 Å². The molecule has 3 heterocycles. The summed E-state index contributed by atoms with van der Waals surface area (Å²) in [5.41, 5.74) is 3.30. The second kappa shape index (κ2) is 9.23. The van der Waals surface area contributed by atoms with E-state index < -0.39 is 53.7 Å². The van der Waals surface area contributed by atoms with Crippen LogP contribution >= 0.6 is 0 Å². The molecule has 1 fully saturated rings. The average Bonchev–Trinajstić information content (AvgIpc) is 3.19. The number of hydrogen-bond acceptors (Lipinski definition) is 10. The summed E-state index contributed by atoms with van der Waals surface area (Å²) in [6, 6.07) is 0. The smallest absolute Gasteiger partial charge is 0.332 e. The van der Waals surface area contributed by atoms with Crippen molar-refractivity contribution in [2.45, 2.75) is 69.9 Å². The fraction of sp³-hybridized carbons (Fsp3) is 0.762. The van der Waals surface area contributed by atoms with Crippen LogP contribution in [0.3, 0.4) is 0 Å². The number of aryl methyl sites for hydroxylation is 1. The molecule has 2 aliphatic heterocycles. The molecule has 3 N–H and O–H groups in total. The fourth-order valence-electron chi connectivity index (χ4n) is 4.15. The number of fused-ring (bicyclic) bond motifs is 1. The molecule has 4 atom stereocenters. The zero-order valence-electron chi connectivity index (χ0n) is 21.6. The van der Waals surface area contributed by atoms with Crippen LogP contribution in [0.1, 0.15) is 32.6 Å². The quantitative estimate of drug-likeness (QED) is 0.360. The summed E-state index contributed by atoms with van der Waals surface area (Å²) in [5.74, 6) is 0.249. The number of aliphatic imine (C=N–C) groups is 1. The van der Waals surface area contributed by atoms with Crippen LogP contribution in [0.15, 0.2) is 20.8 Å². The van der Waals surface area contributed by atoms with Gasteiger partial charge in [-0.15, -0.1) is 0 Å². The Bertz CT molecular complexity index is 1230. The number of nitrogens with two attached hydrogens (primary N) is 1. The van der Waals surface area contributed by atoms with Gasteiger partial charge in [-0.1, -0.05) is 20.8 Å². The number of amidine groups is 1. The summed E-state index contributed by atoms with van der Waals surface area (Å²) >= 11 is 0. The van der Waals surface area contributed by atoms with Crippen LogP contribution in [0, 0.1) is 6.92 Å². The number of nitrogens with one attached hydrogen (secondary N) is 1. The molecule has 0 spiro atoms. The van der Waals surface area contributed by atoms with E-state index in [0.717, 1.165) is 10.8 Å². The maximum atomic E-state index is 13.2. The standard InChI is InChI=1S/C21H37N5O7SSi/c1-13-12-26(19(28)25(5)16(13)27)17-15(32-35(7,8)20(2,3)4)21(33-34(6,29)30)14(31-17)11-24-18(21)23-10-9-22/h12,14-15,17H,9-11,22H2,1-8H3,(H,23,24)/t14-,15+,17-,21-/m1/s1. The molecule has 0 bridgehead atoms. The molecule has 0 saturated carbocycles. The van der Waals surface area contributed by atoms with Gasteiger partial charge in [-0.05, 0) is 25.1 Å². The zero-order chi connectivity index (χ0) is 26.6. The van der Waals surface area contributed by atoms with Crippen molar-refractivity contribution in [3.63, 3.8) is 0 Å². The molecular formula is C21H37N5O7SSi. The summed E-state index contributed by atoms with van der Waals surface area (Å²) < 4.78 is 46.3. The van der Waals surface area contributed by atoms with Crippen molar-refractivity contribution in [3.05, 3.63) is 32.6 Å². The van der Waals surface area contributed by atoms with E-state index in [-0.39, 0.29) is 24.0 Å². The van der Waals surface area contributed by atoms with Gasteiger partial charge in [-0.3, -0.25) is 18.9 Å². The van der Waals surface area contributed by atoms with Crippen LogP contribution in [0.25, 0.3) is 0 Å². The molecule has 1 aromatic heterocycles. The molecule has 0 aromatic carbocycles. The van der Waals surface area contributed by atoms with E-state index in [4.69, 9.17) is 19.1 Å². The summed E-state index contributed by atoms with van der Waals surface area (Å²) in [5, 5.41) is 2.83. The lowest BCUT2D eigenvalue weighted by Crippen LogP contribution is -2.63. The Balaban J connectivity index is 2.28. The van der Waals surface area contributed by atoms with Gasteiger partial charge < -0.3 is 20.2 Å². The third-order valence-electron chi connectivity index (χ3n) is 6.96. The topological polar surface area (TPSA) is 156 Å². The van der Waals surface area contributed by atoms with E-state index in [0.29, 0.717) is 12.1 Å². The minimum Gasteiger partial charge on any atom is -0.406 e. The van der Waals surface area contributed by atoms with Crippen molar-refractivity contribution < 1.29 is 21.8 Å². The van der Waals surface area contributed by atoms with Crippen molar-refractivity contribution in [2.75, 3.05) is 25.9 Å². The van der Waals surface area contributed by atoms with Crippen molar-refractivity contribution in [1.29, 1.82) is 0 Å². The van der Waals surface area contributed by atoms with E-state index in [2.05, 4.69) is 10.3 Å². The molecule has 0 radical (unpaired) electrons. The number of hydrogen-bond donors (Lipinski definition) is 2. The molecule has 3 rings (SSSR count). The molecule has 0 amide bonds. The molecule has 0 aliphatic carbocycles. The lowest BCUT2D eigenvalue weighted by Gasteiger charge is -2.43. The maximum Gasteiger partial charge on any atom is 0.332 e. The van der Waals surface area contributed by atoms with Gasteiger partial charge in [-0.25, -0.2) is 8.98 Å². The zero-order valence-corrected chi connectivity index (χ0v) is 23.4. The highest BCUT2D eigenvalue weighted by molar-refractivity contribution is 7.86. The van der Waals surface area contributed by atoms with Crippen molar-refractivity contribution in [2.24, 2.45) is 17.8 Å². The van der Waals surface area contributed by atoms with Crippen molar-refractivity contribution in [3.8, 4) is 0 Å². The van der Waals surface area contributed by atoms with E-state index in [1.807, 2.05) is 33.9 Å². The summed E-state index contributed by atoms with van der Waals surface area (Å²) in [6.07, 6.45) is -0.627. The second-order valence-corrected chi connectivity index (χ2v) is 17.0. The lowest BCUT2D eigenvalue weighted by atomic mass is 9.92. The Labute approximate surface area is 206 Å². The van der Waals surface area contributed by atoms with Crippen LogP contribution < -0.4 is 22.3 Å². The Morgan fingerprint density at radius 2 is 1.97 bits per heavy atom. The first-order chi connectivity index (χ1) is 16.0. The van der Waals surface area contributed by atoms with E-state index in [1.54, 1.807) is 6.92 Å². The first-order valence-corrected chi connectivity index (χ1v) is 16.2. The predicted octanol–water partition coefficient (Wildman–Crippen LogP) is -0.181. The van der Waals surface area contributed by atoms with Gasteiger partial charge in [0.2, 0.25) is 5.60 Å². The normalized spacial score (nSPS) is 27.1. The van der Waals surface area contributed by atoms with Crippen molar-refractivity contribution >= 4 is 24.3 Å². The van der Waals surface area contributed by atoms with Crippen LogP contribution in [0.5, 0.6) is 0 Å². The van der Waals surface area contributed by atoms with Crippen LogP contribution in [0.4, 0.5) is 0 Å². The highest BCUT2D eigenvalue weighted by atomic mass is 32.2. The molecule has 0 unspecified atom stereocenters. The molecule has 35 heavy (non-hydrogen) atoms. The highest BCUT2D eigenvalue weighted by Crippen LogP contribution is 2.49. The second-order valence-electron chi connectivity index (χ2n) is 10.7. The predicted molar refractivity (Wildman–Crippen MR) is 135 cm³/mol. The van der Waals surface area contributed by atoms with Gasteiger partial charge in [0.05, 0.1) is 12.8 Å². The van der Waals surface area contributed by atoms with Crippen LogP contribution in [-0.4, -0.2) is 75.4 Å². The fourth-order valence-corrected chi connectivity index (χ4v) is 6.21. The number of rotatable bonds is 7. The minimum absolute atomic E-state index is 0.0930. The minimum atomic E-state index is -4.03. The molecule has 198 valence electrons. The highest BCUT2D eigenvalue weighted by Gasteiger charge is 2.68. The first-order valence-electron chi connectivity index (χ1n) is 11.5. The third kappa shape index (κ3) is 4.91. The Morgan fingerprint density at radius 1 is 1.34 bits per heavy atom. The maximum absolute atomic E-state index is 13.2. The Kier molecular flexibility index (Phi) is 7.31. The van der Waals surface area contributed by atoms with E-state index in [1.165, 1.54) is 17.8 Å². The number of aromatic nitrogens is 2. The Morgan fingerprint density at radius 3 is 2.51 bits per heavy atom. The van der Waals surface area contributed by atoms with Gasteiger partial charge in [0.1, 0.15) is 18.0 Å². The van der Waals surface area contributed by atoms with Crippen LogP contribution in [-0.2, 0) is 30.5 Å². The first kappa shape index (κ1) is 27.7. The summed E-state index contributed by atoms with van der Waals surface area (Å²) in [7, 11) is -5.24.